The fourth-order valence-electron chi connectivity index (χ4n) is 1.65. The van der Waals surface area contributed by atoms with E-state index in [1.54, 1.807) is 11.8 Å². The molecule has 1 aliphatic heterocycles. The van der Waals surface area contributed by atoms with Gasteiger partial charge in [-0.3, -0.25) is 4.99 Å². The second-order valence-corrected chi connectivity index (χ2v) is 6.53. The highest BCUT2D eigenvalue weighted by Gasteiger charge is 2.21. The molecule has 0 unspecified atom stereocenters. The molecule has 1 aliphatic rings. The van der Waals surface area contributed by atoms with Gasteiger partial charge >= 0.3 is 0 Å². The number of hydrogen-bond donors (Lipinski definition) is 1. The first-order valence-corrected chi connectivity index (χ1v) is 7.58. The number of aliphatic imine (C=N–C) groups is 1. The minimum absolute atomic E-state index is 0.450. The highest BCUT2D eigenvalue weighted by atomic mass is 79.9. The highest BCUT2D eigenvalue weighted by molar-refractivity contribution is 9.10. The zero-order valence-corrected chi connectivity index (χ0v) is 12.7. The standard InChI is InChI=1S/C13H17BrN2S/c1-8(2)12-7-17-13(16-12)15-11-6-9(3)4-5-10(11)14/h4-6,8,12H,7H2,1-3H3,(H,15,16)/t12-/m1/s1. The minimum Gasteiger partial charge on any atom is -0.334 e. The van der Waals surface area contributed by atoms with Crippen LogP contribution in [0.25, 0.3) is 0 Å². The van der Waals surface area contributed by atoms with Gasteiger partial charge in [0.25, 0.3) is 0 Å². The van der Waals surface area contributed by atoms with E-state index >= 15 is 0 Å². The minimum atomic E-state index is 0.450. The quantitative estimate of drug-likeness (QED) is 0.880. The molecule has 1 aromatic rings. The third-order valence-corrected chi connectivity index (χ3v) is 4.49. The third-order valence-electron chi connectivity index (χ3n) is 2.81. The summed E-state index contributed by atoms with van der Waals surface area (Å²) in [5.74, 6) is 1.70. The number of nitrogens with zero attached hydrogens (tertiary/aromatic N) is 1. The van der Waals surface area contributed by atoms with Gasteiger partial charge in [0.1, 0.15) is 0 Å². The molecule has 4 heteroatoms. The first kappa shape index (κ1) is 13.0. The van der Waals surface area contributed by atoms with Gasteiger partial charge in [-0.1, -0.05) is 31.7 Å². The van der Waals surface area contributed by atoms with Crippen molar-refractivity contribution in [2.45, 2.75) is 26.8 Å². The maximum atomic E-state index is 4.70. The summed E-state index contributed by atoms with van der Waals surface area (Å²) in [6.07, 6.45) is 0. The Labute approximate surface area is 115 Å². The van der Waals surface area contributed by atoms with Crippen molar-refractivity contribution in [3.05, 3.63) is 28.2 Å². The Morgan fingerprint density at radius 1 is 1.47 bits per heavy atom. The Bertz CT molecular complexity index is 443. The lowest BCUT2D eigenvalue weighted by atomic mass is 10.1. The lowest BCUT2D eigenvalue weighted by Crippen LogP contribution is -2.12. The second-order valence-electron chi connectivity index (χ2n) is 4.66. The van der Waals surface area contributed by atoms with E-state index in [1.807, 2.05) is 0 Å². The van der Waals surface area contributed by atoms with Crippen molar-refractivity contribution >= 4 is 38.5 Å². The summed E-state index contributed by atoms with van der Waals surface area (Å²) in [5.41, 5.74) is 2.35. The molecule has 0 aromatic heterocycles. The van der Waals surface area contributed by atoms with Crippen LogP contribution in [0.15, 0.2) is 27.7 Å². The largest absolute Gasteiger partial charge is 0.334 e. The monoisotopic (exact) mass is 312 g/mol. The van der Waals surface area contributed by atoms with E-state index in [0.717, 1.165) is 21.1 Å². The maximum Gasteiger partial charge on any atom is 0.161 e. The number of amidine groups is 1. The number of anilines is 1. The first-order valence-electron chi connectivity index (χ1n) is 5.80. The van der Waals surface area contributed by atoms with Crippen LogP contribution in [0.1, 0.15) is 19.4 Å². The van der Waals surface area contributed by atoms with Crippen LogP contribution < -0.4 is 5.32 Å². The van der Waals surface area contributed by atoms with E-state index < -0.39 is 0 Å². The summed E-state index contributed by atoms with van der Waals surface area (Å²) in [7, 11) is 0. The maximum absolute atomic E-state index is 4.70. The van der Waals surface area contributed by atoms with Gasteiger partial charge in [-0.15, -0.1) is 0 Å². The number of hydrogen-bond acceptors (Lipinski definition) is 3. The van der Waals surface area contributed by atoms with Crippen molar-refractivity contribution in [2.24, 2.45) is 10.9 Å². The molecule has 0 bridgehead atoms. The number of rotatable bonds is 2. The van der Waals surface area contributed by atoms with Crippen molar-refractivity contribution in [2.75, 3.05) is 11.1 Å². The zero-order chi connectivity index (χ0) is 12.4. The van der Waals surface area contributed by atoms with Crippen LogP contribution in [0.4, 0.5) is 5.69 Å². The van der Waals surface area contributed by atoms with Gasteiger partial charge in [0.05, 0.1) is 11.7 Å². The first-order chi connectivity index (χ1) is 8.06. The summed E-state index contributed by atoms with van der Waals surface area (Å²) in [6.45, 7) is 6.54. The number of aryl methyl sites for hydroxylation is 1. The van der Waals surface area contributed by atoms with Gasteiger partial charge in [-0.25, -0.2) is 0 Å². The molecule has 1 aromatic carbocycles. The Kier molecular flexibility index (Phi) is 4.15. The van der Waals surface area contributed by atoms with Crippen molar-refractivity contribution in [1.29, 1.82) is 0 Å². The van der Waals surface area contributed by atoms with Gasteiger partial charge in [0, 0.05) is 10.2 Å². The number of halogens is 1. The molecule has 0 fully saturated rings. The fraction of sp³-hybridized carbons (Fsp3) is 0.462. The van der Waals surface area contributed by atoms with E-state index in [-0.39, 0.29) is 0 Å². The van der Waals surface area contributed by atoms with Crippen LogP contribution in [-0.4, -0.2) is 17.0 Å². The van der Waals surface area contributed by atoms with Crippen molar-refractivity contribution < 1.29 is 0 Å². The molecule has 17 heavy (non-hydrogen) atoms. The van der Waals surface area contributed by atoms with Crippen LogP contribution in [0.5, 0.6) is 0 Å². The van der Waals surface area contributed by atoms with Crippen LogP contribution in [0.2, 0.25) is 0 Å². The molecule has 0 amide bonds. The third kappa shape index (κ3) is 3.26. The smallest absolute Gasteiger partial charge is 0.161 e. The molecule has 1 heterocycles. The lowest BCUT2D eigenvalue weighted by Gasteiger charge is -2.09. The van der Waals surface area contributed by atoms with Gasteiger partial charge < -0.3 is 5.32 Å². The molecular formula is C13H17BrN2S. The normalized spacial score (nSPS) is 19.6. The summed E-state index contributed by atoms with van der Waals surface area (Å²) in [5, 5.41) is 4.44. The fourth-order valence-corrected chi connectivity index (χ4v) is 3.18. The van der Waals surface area contributed by atoms with Gasteiger partial charge in [0.2, 0.25) is 0 Å². The average molecular weight is 313 g/mol. The van der Waals surface area contributed by atoms with Crippen LogP contribution in [0.3, 0.4) is 0 Å². The predicted octanol–water partition coefficient (Wildman–Crippen LogP) is 4.30. The Morgan fingerprint density at radius 3 is 2.88 bits per heavy atom. The molecule has 0 saturated heterocycles. The summed E-state index contributed by atoms with van der Waals surface area (Å²) < 4.78 is 1.08. The highest BCUT2D eigenvalue weighted by Crippen LogP contribution is 2.28. The summed E-state index contributed by atoms with van der Waals surface area (Å²) in [4.78, 5) is 4.70. The van der Waals surface area contributed by atoms with Gasteiger partial charge in [0.15, 0.2) is 5.17 Å². The average Bonchev–Trinajstić information content (AvgIpc) is 2.72. The Hall–Kier alpha value is -0.480. The van der Waals surface area contributed by atoms with E-state index in [0.29, 0.717) is 12.0 Å². The SMILES string of the molecule is Cc1ccc(Br)c(NC2=N[C@@H](C(C)C)CS2)c1. The topological polar surface area (TPSA) is 24.4 Å². The predicted molar refractivity (Wildman–Crippen MR) is 81.0 cm³/mol. The summed E-state index contributed by atoms with van der Waals surface area (Å²) >= 11 is 5.36. The lowest BCUT2D eigenvalue weighted by molar-refractivity contribution is 0.543. The van der Waals surface area contributed by atoms with Crippen molar-refractivity contribution in [3.63, 3.8) is 0 Å². The Morgan fingerprint density at radius 2 is 2.24 bits per heavy atom. The molecule has 1 atom stereocenters. The Balaban J connectivity index is 2.11. The zero-order valence-electron chi connectivity index (χ0n) is 10.3. The molecule has 92 valence electrons. The molecule has 2 nitrogen and oxygen atoms in total. The van der Waals surface area contributed by atoms with E-state index in [4.69, 9.17) is 4.99 Å². The molecular weight excluding hydrogens is 296 g/mol. The van der Waals surface area contributed by atoms with Crippen LogP contribution >= 0.6 is 27.7 Å². The number of benzene rings is 1. The molecule has 0 radical (unpaired) electrons. The van der Waals surface area contributed by atoms with E-state index in [1.165, 1.54) is 5.56 Å². The van der Waals surface area contributed by atoms with E-state index in [9.17, 15) is 0 Å². The van der Waals surface area contributed by atoms with E-state index in [2.05, 4.69) is 60.2 Å². The van der Waals surface area contributed by atoms with Crippen molar-refractivity contribution in [3.8, 4) is 0 Å². The molecule has 0 saturated carbocycles. The number of thioether (sulfide) groups is 1. The molecule has 2 rings (SSSR count). The molecule has 0 spiro atoms. The van der Waals surface area contributed by atoms with Gasteiger partial charge in [-0.2, -0.15) is 0 Å². The molecule has 0 aliphatic carbocycles. The summed E-state index contributed by atoms with van der Waals surface area (Å²) in [6, 6.07) is 6.75. The second kappa shape index (κ2) is 5.44. The van der Waals surface area contributed by atoms with Crippen molar-refractivity contribution in [1.82, 2.24) is 0 Å². The van der Waals surface area contributed by atoms with Crippen LogP contribution in [0, 0.1) is 12.8 Å². The van der Waals surface area contributed by atoms with Crippen LogP contribution in [-0.2, 0) is 0 Å². The van der Waals surface area contributed by atoms with Gasteiger partial charge in [-0.05, 0) is 46.5 Å². The molecule has 1 N–H and O–H groups in total. The number of nitrogens with one attached hydrogen (secondary N) is 1.